The molecule has 1 unspecified atom stereocenters. The van der Waals surface area contributed by atoms with Gasteiger partial charge in [0.15, 0.2) is 0 Å². The second kappa shape index (κ2) is 5.10. The van der Waals surface area contributed by atoms with E-state index in [0.717, 1.165) is 16.5 Å². The molecule has 96 valence electrons. The van der Waals surface area contributed by atoms with Gasteiger partial charge in [-0.05, 0) is 19.1 Å². The Balaban J connectivity index is 2.56. The summed E-state index contributed by atoms with van der Waals surface area (Å²) in [6.07, 6.45) is 1.52. The van der Waals surface area contributed by atoms with E-state index in [1.165, 1.54) is 0 Å². The SMILES string of the molecule is COCn1cc(C(C)OC=O)c2ccc(O)cc21. The van der Waals surface area contributed by atoms with Crippen LogP contribution in [-0.4, -0.2) is 23.3 Å². The van der Waals surface area contributed by atoms with Crippen LogP contribution in [-0.2, 0) is 21.0 Å². The molecule has 5 nitrogen and oxygen atoms in total. The van der Waals surface area contributed by atoms with Crippen molar-refractivity contribution < 1.29 is 19.4 Å². The minimum atomic E-state index is -0.340. The molecule has 1 atom stereocenters. The van der Waals surface area contributed by atoms with Gasteiger partial charge in [0.1, 0.15) is 18.6 Å². The van der Waals surface area contributed by atoms with Crippen molar-refractivity contribution in [3.05, 3.63) is 30.0 Å². The Kier molecular flexibility index (Phi) is 3.53. The van der Waals surface area contributed by atoms with Crippen molar-refractivity contribution in [3.63, 3.8) is 0 Å². The Morgan fingerprint density at radius 2 is 2.28 bits per heavy atom. The fraction of sp³-hybridized carbons (Fsp3) is 0.308. The van der Waals surface area contributed by atoms with E-state index in [1.54, 1.807) is 32.2 Å². The highest BCUT2D eigenvalue weighted by Gasteiger charge is 2.15. The maximum absolute atomic E-state index is 10.4. The molecule has 1 aromatic heterocycles. The zero-order valence-electron chi connectivity index (χ0n) is 10.3. The van der Waals surface area contributed by atoms with E-state index < -0.39 is 0 Å². The Morgan fingerprint density at radius 3 is 2.94 bits per heavy atom. The highest BCUT2D eigenvalue weighted by Crippen LogP contribution is 2.30. The average Bonchev–Trinajstić information content (AvgIpc) is 2.69. The topological polar surface area (TPSA) is 60.7 Å². The first-order valence-corrected chi connectivity index (χ1v) is 5.57. The molecule has 0 spiro atoms. The number of aromatic hydroxyl groups is 1. The van der Waals surface area contributed by atoms with E-state index in [2.05, 4.69) is 0 Å². The van der Waals surface area contributed by atoms with E-state index in [4.69, 9.17) is 9.47 Å². The molecule has 2 rings (SSSR count). The third kappa shape index (κ3) is 2.17. The molecular weight excluding hydrogens is 234 g/mol. The van der Waals surface area contributed by atoms with Crippen LogP contribution >= 0.6 is 0 Å². The first-order valence-electron chi connectivity index (χ1n) is 5.57. The van der Waals surface area contributed by atoms with Crippen LogP contribution in [0.4, 0.5) is 0 Å². The van der Waals surface area contributed by atoms with Crippen molar-refractivity contribution in [1.82, 2.24) is 4.57 Å². The second-order valence-corrected chi connectivity index (χ2v) is 4.05. The zero-order chi connectivity index (χ0) is 13.1. The van der Waals surface area contributed by atoms with Crippen molar-refractivity contribution in [3.8, 4) is 5.75 Å². The number of rotatable bonds is 5. The van der Waals surface area contributed by atoms with E-state index in [1.807, 2.05) is 10.8 Å². The Hall–Kier alpha value is -2.01. The number of carbonyl (C=O) groups is 1. The molecule has 0 aliphatic carbocycles. The smallest absolute Gasteiger partial charge is 0.293 e. The van der Waals surface area contributed by atoms with Gasteiger partial charge in [0.2, 0.25) is 0 Å². The fourth-order valence-electron chi connectivity index (χ4n) is 2.04. The summed E-state index contributed by atoms with van der Waals surface area (Å²) >= 11 is 0. The number of ether oxygens (including phenoxy) is 2. The van der Waals surface area contributed by atoms with Crippen LogP contribution in [0, 0.1) is 0 Å². The van der Waals surface area contributed by atoms with E-state index in [-0.39, 0.29) is 11.9 Å². The molecule has 0 aliphatic rings. The third-order valence-corrected chi connectivity index (χ3v) is 2.86. The maximum atomic E-state index is 10.4. The normalized spacial score (nSPS) is 12.6. The highest BCUT2D eigenvalue weighted by molar-refractivity contribution is 5.85. The molecular formula is C13H15NO4. The number of hydrogen-bond acceptors (Lipinski definition) is 4. The molecule has 0 amide bonds. The summed E-state index contributed by atoms with van der Waals surface area (Å²) in [6.45, 7) is 2.60. The number of phenolic OH excluding ortho intramolecular Hbond substituents is 1. The molecule has 1 aromatic carbocycles. The number of carbonyl (C=O) groups excluding carboxylic acids is 1. The lowest BCUT2D eigenvalue weighted by atomic mass is 10.1. The quantitative estimate of drug-likeness (QED) is 0.825. The number of phenols is 1. The molecule has 0 bridgehead atoms. The second-order valence-electron chi connectivity index (χ2n) is 4.05. The molecule has 1 N–H and O–H groups in total. The molecule has 5 heteroatoms. The highest BCUT2D eigenvalue weighted by atomic mass is 16.5. The molecule has 0 fully saturated rings. The van der Waals surface area contributed by atoms with Crippen LogP contribution in [0.15, 0.2) is 24.4 Å². The average molecular weight is 249 g/mol. The van der Waals surface area contributed by atoms with E-state index >= 15 is 0 Å². The first-order chi connectivity index (χ1) is 8.67. The number of benzene rings is 1. The summed E-state index contributed by atoms with van der Waals surface area (Å²) in [5.74, 6) is 0.188. The number of nitrogens with zero attached hydrogens (tertiary/aromatic N) is 1. The molecule has 0 saturated carbocycles. The number of methoxy groups -OCH3 is 1. The lowest BCUT2D eigenvalue weighted by Gasteiger charge is -2.07. The molecule has 2 aromatic rings. The Bertz CT molecular complexity index is 561. The predicted molar refractivity (Wildman–Crippen MR) is 66.2 cm³/mol. The summed E-state index contributed by atoms with van der Waals surface area (Å²) in [5, 5.41) is 10.5. The van der Waals surface area contributed by atoms with Crippen LogP contribution < -0.4 is 0 Å². The Labute approximate surface area is 105 Å². The summed E-state index contributed by atoms with van der Waals surface area (Å²) in [7, 11) is 1.60. The predicted octanol–water partition coefficient (Wildman–Crippen LogP) is 2.18. The van der Waals surface area contributed by atoms with Crippen molar-refractivity contribution >= 4 is 17.4 Å². The molecule has 18 heavy (non-hydrogen) atoms. The Morgan fingerprint density at radius 1 is 1.50 bits per heavy atom. The van der Waals surface area contributed by atoms with Crippen molar-refractivity contribution in [2.45, 2.75) is 19.8 Å². The van der Waals surface area contributed by atoms with Gasteiger partial charge in [-0.3, -0.25) is 4.79 Å². The molecule has 0 aliphatic heterocycles. The zero-order valence-corrected chi connectivity index (χ0v) is 10.3. The standard InChI is InChI=1S/C13H15NO4/c1-9(18-8-15)12-6-14(7-17-2)13-5-10(16)3-4-11(12)13/h3-6,8-9,16H,7H2,1-2H3. The summed E-state index contributed by atoms with van der Waals surface area (Å²) in [4.78, 5) is 10.4. The monoisotopic (exact) mass is 249 g/mol. The van der Waals surface area contributed by atoms with E-state index in [0.29, 0.717) is 13.2 Å². The van der Waals surface area contributed by atoms with Crippen molar-refractivity contribution in [1.29, 1.82) is 0 Å². The molecule has 0 saturated heterocycles. The van der Waals surface area contributed by atoms with Crippen LogP contribution in [0.1, 0.15) is 18.6 Å². The summed E-state index contributed by atoms with van der Waals surface area (Å²) in [5.41, 5.74) is 1.72. The lowest BCUT2D eigenvalue weighted by molar-refractivity contribution is -0.133. The van der Waals surface area contributed by atoms with Gasteiger partial charge in [0.25, 0.3) is 6.47 Å². The van der Waals surface area contributed by atoms with Crippen LogP contribution in [0.3, 0.4) is 0 Å². The molecule has 0 radical (unpaired) electrons. The number of hydrogen-bond donors (Lipinski definition) is 1. The van der Waals surface area contributed by atoms with Gasteiger partial charge in [-0.25, -0.2) is 0 Å². The summed E-state index contributed by atoms with van der Waals surface area (Å²) in [6, 6.07) is 5.07. The molecule has 1 heterocycles. The van der Waals surface area contributed by atoms with Gasteiger partial charge < -0.3 is 19.1 Å². The van der Waals surface area contributed by atoms with Crippen LogP contribution in [0.5, 0.6) is 5.75 Å². The lowest BCUT2D eigenvalue weighted by Crippen LogP contribution is -1.99. The van der Waals surface area contributed by atoms with Gasteiger partial charge in [-0.15, -0.1) is 0 Å². The van der Waals surface area contributed by atoms with Gasteiger partial charge in [0.05, 0.1) is 5.52 Å². The number of fused-ring (bicyclic) bond motifs is 1. The largest absolute Gasteiger partial charge is 0.508 e. The minimum Gasteiger partial charge on any atom is -0.508 e. The minimum absolute atomic E-state index is 0.188. The van der Waals surface area contributed by atoms with Gasteiger partial charge in [-0.2, -0.15) is 0 Å². The van der Waals surface area contributed by atoms with Crippen molar-refractivity contribution in [2.75, 3.05) is 7.11 Å². The maximum Gasteiger partial charge on any atom is 0.293 e. The van der Waals surface area contributed by atoms with Gasteiger partial charge in [-0.1, -0.05) is 0 Å². The first kappa shape index (κ1) is 12.4. The van der Waals surface area contributed by atoms with Crippen LogP contribution in [0.2, 0.25) is 0 Å². The van der Waals surface area contributed by atoms with Crippen molar-refractivity contribution in [2.24, 2.45) is 0 Å². The number of aromatic nitrogens is 1. The summed E-state index contributed by atoms with van der Waals surface area (Å²) < 4.78 is 11.9. The third-order valence-electron chi connectivity index (χ3n) is 2.86. The van der Waals surface area contributed by atoms with Crippen LogP contribution in [0.25, 0.3) is 10.9 Å². The van der Waals surface area contributed by atoms with Gasteiger partial charge in [0, 0.05) is 30.3 Å². The van der Waals surface area contributed by atoms with E-state index in [9.17, 15) is 9.90 Å². The van der Waals surface area contributed by atoms with Gasteiger partial charge >= 0.3 is 0 Å². The fourth-order valence-corrected chi connectivity index (χ4v) is 2.04.